The highest BCUT2D eigenvalue weighted by molar-refractivity contribution is 6.31. The normalized spacial score (nSPS) is 10.7. The molecule has 4 nitrogen and oxygen atoms in total. The number of hydrogen-bond donors (Lipinski definition) is 3. The van der Waals surface area contributed by atoms with Crippen molar-refractivity contribution in [1.82, 2.24) is 4.98 Å². The third kappa shape index (κ3) is 2.33. The molecule has 5 heteroatoms. The largest absolute Gasteiger partial charge is 0.506 e. The van der Waals surface area contributed by atoms with Gasteiger partial charge in [-0.05, 0) is 47.9 Å². The molecule has 0 aliphatic rings. The number of hydrogen-bond acceptors (Lipinski definition) is 4. The average Bonchev–Trinajstić information content (AvgIpc) is 2.43. The van der Waals surface area contributed by atoms with Gasteiger partial charge >= 0.3 is 0 Å². The van der Waals surface area contributed by atoms with E-state index in [-0.39, 0.29) is 5.75 Å². The fraction of sp³-hybridized carbons (Fsp3) is 0. The quantitative estimate of drug-likeness (QED) is 0.493. The number of nitrogens with one attached hydrogen (secondary N) is 1. The number of nitrogens with two attached hydrogens (primary N) is 1. The molecule has 0 bridgehead atoms. The number of phenols is 1. The predicted octanol–water partition coefficient (Wildman–Crippen LogP) is 3.92. The lowest BCUT2D eigenvalue weighted by Gasteiger charge is -2.10. The number of fused-ring (bicyclic) bond motifs is 1. The highest BCUT2D eigenvalue weighted by atomic mass is 35.5. The summed E-state index contributed by atoms with van der Waals surface area (Å²) in [5.74, 6) is 0.753. The second-order valence-corrected chi connectivity index (χ2v) is 4.86. The molecule has 100 valence electrons. The Morgan fingerprint density at radius 1 is 1.10 bits per heavy atom. The van der Waals surface area contributed by atoms with Crippen molar-refractivity contribution in [2.75, 3.05) is 11.1 Å². The van der Waals surface area contributed by atoms with Crippen LogP contribution in [-0.2, 0) is 0 Å². The van der Waals surface area contributed by atoms with E-state index in [2.05, 4.69) is 10.3 Å². The van der Waals surface area contributed by atoms with Crippen molar-refractivity contribution in [3.63, 3.8) is 0 Å². The highest BCUT2D eigenvalue weighted by Gasteiger charge is 2.07. The first-order valence-electron chi connectivity index (χ1n) is 6.03. The van der Waals surface area contributed by atoms with Crippen LogP contribution in [0, 0.1) is 0 Å². The maximum atomic E-state index is 9.84. The molecule has 0 saturated carbocycles. The number of aromatic nitrogens is 1. The van der Waals surface area contributed by atoms with Crippen molar-refractivity contribution in [3.8, 4) is 5.75 Å². The smallest absolute Gasteiger partial charge is 0.139 e. The van der Waals surface area contributed by atoms with Crippen LogP contribution >= 0.6 is 11.6 Å². The van der Waals surface area contributed by atoms with Gasteiger partial charge in [0.2, 0.25) is 0 Å². The summed E-state index contributed by atoms with van der Waals surface area (Å²) in [5.41, 5.74) is 6.98. The molecule has 1 heterocycles. The minimum Gasteiger partial charge on any atom is -0.506 e. The number of nitrogen functional groups attached to an aromatic ring is 1. The summed E-state index contributed by atoms with van der Waals surface area (Å²) in [7, 11) is 0. The summed E-state index contributed by atoms with van der Waals surface area (Å²) in [5, 5.41) is 15.4. The minimum absolute atomic E-state index is 0.114. The van der Waals surface area contributed by atoms with Crippen LogP contribution in [0.25, 0.3) is 10.8 Å². The molecule has 0 spiro atoms. The summed E-state index contributed by atoms with van der Waals surface area (Å²) in [6, 6.07) is 12.3. The van der Waals surface area contributed by atoms with E-state index in [0.717, 1.165) is 10.8 Å². The van der Waals surface area contributed by atoms with E-state index in [0.29, 0.717) is 22.2 Å². The molecular formula is C15H12ClN3O. The van der Waals surface area contributed by atoms with Gasteiger partial charge in [0.05, 0.1) is 5.69 Å². The number of nitrogens with zero attached hydrogens (tertiary/aromatic N) is 1. The van der Waals surface area contributed by atoms with Crippen molar-refractivity contribution < 1.29 is 5.11 Å². The van der Waals surface area contributed by atoms with Gasteiger partial charge in [-0.15, -0.1) is 0 Å². The Labute approximate surface area is 120 Å². The van der Waals surface area contributed by atoms with Crippen molar-refractivity contribution in [1.29, 1.82) is 0 Å². The van der Waals surface area contributed by atoms with Gasteiger partial charge in [-0.3, -0.25) is 0 Å². The van der Waals surface area contributed by atoms with E-state index in [1.54, 1.807) is 18.3 Å². The summed E-state index contributed by atoms with van der Waals surface area (Å²) >= 11 is 5.93. The Kier molecular flexibility index (Phi) is 3.08. The van der Waals surface area contributed by atoms with E-state index < -0.39 is 0 Å². The van der Waals surface area contributed by atoms with Gasteiger partial charge in [0.25, 0.3) is 0 Å². The average molecular weight is 286 g/mol. The molecule has 0 unspecified atom stereocenters. The van der Waals surface area contributed by atoms with Crippen molar-refractivity contribution in [3.05, 3.63) is 53.7 Å². The van der Waals surface area contributed by atoms with Gasteiger partial charge in [0.15, 0.2) is 0 Å². The fourth-order valence-electron chi connectivity index (χ4n) is 2.03. The third-order valence-electron chi connectivity index (χ3n) is 3.00. The molecular weight excluding hydrogens is 274 g/mol. The molecule has 2 aromatic carbocycles. The van der Waals surface area contributed by atoms with E-state index in [1.165, 1.54) is 6.07 Å². The van der Waals surface area contributed by atoms with Crippen molar-refractivity contribution in [2.45, 2.75) is 0 Å². The lowest BCUT2D eigenvalue weighted by atomic mass is 10.1. The first-order valence-corrected chi connectivity index (χ1v) is 6.41. The van der Waals surface area contributed by atoms with Crippen LogP contribution in [0.2, 0.25) is 5.02 Å². The molecule has 0 fully saturated rings. The third-order valence-corrected chi connectivity index (χ3v) is 3.24. The summed E-state index contributed by atoms with van der Waals surface area (Å²) in [6.45, 7) is 0. The minimum atomic E-state index is 0.114. The van der Waals surface area contributed by atoms with Gasteiger partial charge in [0, 0.05) is 22.3 Å². The second kappa shape index (κ2) is 4.90. The number of pyridine rings is 1. The maximum Gasteiger partial charge on any atom is 0.139 e. The number of aromatic hydroxyl groups is 1. The zero-order chi connectivity index (χ0) is 14.1. The van der Waals surface area contributed by atoms with Crippen LogP contribution in [0.5, 0.6) is 5.75 Å². The van der Waals surface area contributed by atoms with Gasteiger partial charge < -0.3 is 16.2 Å². The number of phenolic OH excluding ortho intramolecular Hbond substituents is 1. The van der Waals surface area contributed by atoms with E-state index >= 15 is 0 Å². The van der Waals surface area contributed by atoms with Crippen LogP contribution in [0.1, 0.15) is 0 Å². The monoisotopic (exact) mass is 285 g/mol. The fourth-order valence-corrected chi connectivity index (χ4v) is 2.20. The molecule has 0 saturated heterocycles. The molecule has 3 rings (SSSR count). The second-order valence-electron chi connectivity index (χ2n) is 4.43. The predicted molar refractivity (Wildman–Crippen MR) is 82.6 cm³/mol. The van der Waals surface area contributed by atoms with Crippen LogP contribution in [0.4, 0.5) is 17.2 Å². The Hall–Kier alpha value is -2.46. The van der Waals surface area contributed by atoms with Gasteiger partial charge in [-0.1, -0.05) is 11.6 Å². The number of benzene rings is 2. The maximum absolute atomic E-state index is 9.84. The Morgan fingerprint density at radius 2 is 1.95 bits per heavy atom. The Bertz CT molecular complexity index is 789. The van der Waals surface area contributed by atoms with Crippen molar-refractivity contribution >= 4 is 39.6 Å². The topological polar surface area (TPSA) is 71.2 Å². The standard InChI is InChI=1S/C15H12ClN3O/c16-10-1-4-14(20)13(8-10)19-15-12-3-2-11(17)7-9(12)5-6-18-15/h1-8,20H,17H2,(H,18,19). The van der Waals surface area contributed by atoms with Crippen LogP contribution in [0.3, 0.4) is 0 Å². The summed E-state index contributed by atoms with van der Waals surface area (Å²) < 4.78 is 0. The number of anilines is 3. The zero-order valence-corrected chi connectivity index (χ0v) is 11.2. The molecule has 3 aromatic rings. The molecule has 20 heavy (non-hydrogen) atoms. The van der Waals surface area contributed by atoms with Gasteiger partial charge in [-0.25, -0.2) is 4.98 Å². The Balaban J connectivity index is 2.09. The van der Waals surface area contributed by atoms with Gasteiger partial charge in [-0.2, -0.15) is 0 Å². The summed E-state index contributed by atoms with van der Waals surface area (Å²) in [4.78, 5) is 4.30. The molecule has 1 aromatic heterocycles. The first kappa shape index (κ1) is 12.6. The van der Waals surface area contributed by atoms with E-state index in [4.69, 9.17) is 17.3 Å². The van der Waals surface area contributed by atoms with Crippen molar-refractivity contribution in [2.24, 2.45) is 0 Å². The SMILES string of the molecule is Nc1ccc2c(Nc3cc(Cl)ccc3O)nccc2c1. The van der Waals surface area contributed by atoms with Crippen LogP contribution in [-0.4, -0.2) is 10.1 Å². The summed E-state index contributed by atoms with van der Waals surface area (Å²) in [6.07, 6.45) is 1.69. The van der Waals surface area contributed by atoms with E-state index in [1.807, 2.05) is 24.3 Å². The molecule has 0 atom stereocenters. The zero-order valence-electron chi connectivity index (χ0n) is 10.5. The number of halogens is 1. The molecule has 0 amide bonds. The molecule has 0 aliphatic heterocycles. The molecule has 0 radical (unpaired) electrons. The highest BCUT2D eigenvalue weighted by Crippen LogP contribution is 2.31. The van der Waals surface area contributed by atoms with Gasteiger partial charge in [0.1, 0.15) is 11.6 Å². The number of rotatable bonds is 2. The van der Waals surface area contributed by atoms with Crippen LogP contribution in [0.15, 0.2) is 48.7 Å². The first-order chi connectivity index (χ1) is 9.63. The van der Waals surface area contributed by atoms with Crippen LogP contribution < -0.4 is 11.1 Å². The Morgan fingerprint density at radius 3 is 2.80 bits per heavy atom. The molecule has 4 N–H and O–H groups in total. The van der Waals surface area contributed by atoms with E-state index in [9.17, 15) is 5.11 Å². The molecule has 0 aliphatic carbocycles. The lowest BCUT2D eigenvalue weighted by molar-refractivity contribution is 0.478. The lowest BCUT2D eigenvalue weighted by Crippen LogP contribution is -1.95.